The molecule has 0 amide bonds. The van der Waals surface area contributed by atoms with Gasteiger partial charge in [-0.1, -0.05) is 0 Å². The van der Waals surface area contributed by atoms with Gasteiger partial charge < -0.3 is 14.4 Å². The van der Waals surface area contributed by atoms with Crippen molar-refractivity contribution in [2.75, 3.05) is 19.8 Å². The topological polar surface area (TPSA) is 51.5 Å². The van der Waals surface area contributed by atoms with Gasteiger partial charge in [-0.25, -0.2) is 0 Å². The first kappa shape index (κ1) is 13.7. The van der Waals surface area contributed by atoms with Crippen molar-refractivity contribution >= 4 is 5.78 Å². The lowest BCUT2D eigenvalue weighted by atomic mass is 10.2. The number of ether oxygens (including phenoxy) is 1. The highest BCUT2D eigenvalue weighted by Crippen LogP contribution is 2.21. The summed E-state index contributed by atoms with van der Waals surface area (Å²) >= 11 is 0. The molecule has 1 rings (SSSR count). The first-order valence-corrected chi connectivity index (χ1v) is 4.91. The van der Waals surface area contributed by atoms with Crippen molar-refractivity contribution in [3.8, 4) is 0 Å². The average Bonchev–Trinajstić information content (AvgIpc) is 2.70. The molecule has 1 heterocycles. The minimum absolute atomic E-state index is 0.108. The van der Waals surface area contributed by atoms with E-state index in [1.165, 1.54) is 10.8 Å². The second-order valence-electron chi connectivity index (χ2n) is 3.30. The number of alkyl halides is 3. The number of carbonyl (C=O) groups excluding carboxylic acids is 1. The van der Waals surface area contributed by atoms with Crippen LogP contribution in [0.2, 0.25) is 0 Å². The average molecular weight is 251 g/mol. The summed E-state index contributed by atoms with van der Waals surface area (Å²) in [6, 6.07) is 1.11. The SMILES string of the molecule is O=C(c1ccn(CCOCCO)c1)C(F)(F)F. The maximum absolute atomic E-state index is 12.1. The molecule has 0 aromatic carbocycles. The molecule has 17 heavy (non-hydrogen) atoms. The minimum Gasteiger partial charge on any atom is -0.394 e. The van der Waals surface area contributed by atoms with Crippen LogP contribution in [-0.2, 0) is 11.3 Å². The molecular formula is C10H12F3NO3. The Bertz CT molecular complexity index is 373. The summed E-state index contributed by atoms with van der Waals surface area (Å²) in [5, 5.41) is 8.43. The highest BCUT2D eigenvalue weighted by Gasteiger charge is 2.39. The lowest BCUT2D eigenvalue weighted by Crippen LogP contribution is -2.22. The number of nitrogens with zero attached hydrogens (tertiary/aromatic N) is 1. The molecule has 1 aromatic heterocycles. The molecule has 1 aromatic rings. The van der Waals surface area contributed by atoms with E-state index in [-0.39, 0.29) is 25.4 Å². The number of aliphatic hydroxyl groups excluding tert-OH is 1. The van der Waals surface area contributed by atoms with Gasteiger partial charge in [0.05, 0.1) is 19.8 Å². The van der Waals surface area contributed by atoms with Crippen molar-refractivity contribution in [2.45, 2.75) is 12.7 Å². The lowest BCUT2D eigenvalue weighted by Gasteiger charge is -2.04. The summed E-state index contributed by atoms with van der Waals surface area (Å²) in [5.41, 5.74) is -0.389. The van der Waals surface area contributed by atoms with Crippen molar-refractivity contribution in [2.24, 2.45) is 0 Å². The van der Waals surface area contributed by atoms with E-state index in [2.05, 4.69) is 0 Å². The Kier molecular flexibility index (Phi) is 4.71. The minimum atomic E-state index is -4.85. The number of aromatic nitrogens is 1. The third-order valence-electron chi connectivity index (χ3n) is 2.00. The second kappa shape index (κ2) is 5.83. The zero-order valence-electron chi connectivity index (χ0n) is 8.91. The van der Waals surface area contributed by atoms with Gasteiger partial charge in [0.2, 0.25) is 0 Å². The van der Waals surface area contributed by atoms with Crippen LogP contribution >= 0.6 is 0 Å². The molecule has 0 radical (unpaired) electrons. The van der Waals surface area contributed by atoms with Crippen LogP contribution in [0.1, 0.15) is 10.4 Å². The van der Waals surface area contributed by atoms with Crippen LogP contribution in [0, 0.1) is 0 Å². The number of Topliss-reactive ketones (excluding diaryl/α,β-unsaturated/α-hetero) is 1. The number of hydrogen-bond donors (Lipinski definition) is 1. The maximum Gasteiger partial charge on any atom is 0.454 e. The first-order chi connectivity index (χ1) is 7.95. The van der Waals surface area contributed by atoms with Crippen molar-refractivity contribution in [1.82, 2.24) is 4.57 Å². The fraction of sp³-hybridized carbons (Fsp3) is 0.500. The van der Waals surface area contributed by atoms with E-state index in [0.717, 1.165) is 12.3 Å². The van der Waals surface area contributed by atoms with E-state index < -0.39 is 12.0 Å². The third kappa shape index (κ3) is 4.20. The highest BCUT2D eigenvalue weighted by atomic mass is 19.4. The van der Waals surface area contributed by atoms with Gasteiger partial charge in [0.25, 0.3) is 5.78 Å². The van der Waals surface area contributed by atoms with Crippen LogP contribution in [0.5, 0.6) is 0 Å². The molecule has 0 saturated heterocycles. The molecule has 0 spiro atoms. The second-order valence-corrected chi connectivity index (χ2v) is 3.30. The zero-order chi connectivity index (χ0) is 12.9. The van der Waals surface area contributed by atoms with Gasteiger partial charge in [-0.2, -0.15) is 13.2 Å². The normalized spacial score (nSPS) is 11.8. The van der Waals surface area contributed by atoms with Crippen LogP contribution in [0.25, 0.3) is 0 Å². The molecule has 0 unspecified atom stereocenters. The summed E-state index contributed by atoms with van der Waals surface area (Å²) in [4.78, 5) is 10.9. The molecule has 1 N–H and O–H groups in total. The van der Waals surface area contributed by atoms with Gasteiger partial charge >= 0.3 is 6.18 Å². The Morgan fingerprint density at radius 3 is 2.71 bits per heavy atom. The van der Waals surface area contributed by atoms with Gasteiger partial charge in [0, 0.05) is 24.5 Å². The van der Waals surface area contributed by atoms with Gasteiger partial charge in [-0.3, -0.25) is 4.79 Å². The van der Waals surface area contributed by atoms with Crippen molar-refractivity contribution in [3.05, 3.63) is 24.0 Å². The van der Waals surface area contributed by atoms with E-state index in [1.54, 1.807) is 0 Å². The number of rotatable bonds is 6. The number of carbonyl (C=O) groups is 1. The predicted molar refractivity (Wildman–Crippen MR) is 52.7 cm³/mol. The number of halogens is 3. The monoisotopic (exact) mass is 251 g/mol. The predicted octanol–water partition coefficient (Wildman–Crippen LogP) is 1.24. The summed E-state index contributed by atoms with van der Waals surface area (Å²) in [6.07, 6.45) is -2.35. The fourth-order valence-electron chi connectivity index (χ4n) is 1.21. The summed E-state index contributed by atoms with van der Waals surface area (Å²) in [5.74, 6) is -1.85. The molecule has 4 nitrogen and oxygen atoms in total. The van der Waals surface area contributed by atoms with Crippen LogP contribution < -0.4 is 0 Å². The number of hydrogen-bond acceptors (Lipinski definition) is 3. The van der Waals surface area contributed by atoms with E-state index in [9.17, 15) is 18.0 Å². The van der Waals surface area contributed by atoms with Gasteiger partial charge in [0.1, 0.15) is 0 Å². The molecule has 96 valence electrons. The van der Waals surface area contributed by atoms with Crippen molar-refractivity contribution < 1.29 is 27.8 Å². The van der Waals surface area contributed by atoms with E-state index in [1.807, 2.05) is 0 Å². The molecule has 7 heteroatoms. The summed E-state index contributed by atoms with van der Waals surface area (Å²) in [7, 11) is 0. The summed E-state index contributed by atoms with van der Waals surface area (Å²) in [6.45, 7) is 0.652. The fourth-order valence-corrected chi connectivity index (χ4v) is 1.21. The first-order valence-electron chi connectivity index (χ1n) is 4.91. The third-order valence-corrected chi connectivity index (χ3v) is 2.00. The van der Waals surface area contributed by atoms with Crippen molar-refractivity contribution in [1.29, 1.82) is 0 Å². The summed E-state index contributed by atoms with van der Waals surface area (Å²) < 4.78 is 42.6. The molecule has 0 aliphatic heterocycles. The van der Waals surface area contributed by atoms with Crippen LogP contribution in [0.3, 0.4) is 0 Å². The molecule has 0 fully saturated rings. The van der Waals surface area contributed by atoms with Crippen molar-refractivity contribution in [3.63, 3.8) is 0 Å². The van der Waals surface area contributed by atoms with Crippen LogP contribution in [0.15, 0.2) is 18.5 Å². The highest BCUT2D eigenvalue weighted by molar-refractivity contribution is 6.00. The van der Waals surface area contributed by atoms with Crippen LogP contribution in [0.4, 0.5) is 13.2 Å². The molecule has 0 atom stereocenters. The maximum atomic E-state index is 12.1. The largest absolute Gasteiger partial charge is 0.454 e. The van der Waals surface area contributed by atoms with E-state index in [4.69, 9.17) is 9.84 Å². The molecule has 0 bridgehead atoms. The molecule has 0 saturated carbocycles. The number of ketones is 1. The Hall–Kier alpha value is -1.34. The van der Waals surface area contributed by atoms with E-state index >= 15 is 0 Å². The van der Waals surface area contributed by atoms with Gasteiger partial charge in [-0.05, 0) is 6.07 Å². The lowest BCUT2D eigenvalue weighted by molar-refractivity contribution is -0.0885. The standard InChI is InChI=1S/C10H12F3NO3/c11-10(12,13)9(16)8-1-2-14(7-8)3-5-17-6-4-15/h1-2,7,15H,3-6H2. The Labute approximate surface area is 95.6 Å². The Morgan fingerprint density at radius 1 is 1.41 bits per heavy atom. The zero-order valence-corrected chi connectivity index (χ0v) is 8.91. The molecule has 0 aliphatic carbocycles. The Morgan fingerprint density at radius 2 is 2.12 bits per heavy atom. The van der Waals surface area contributed by atoms with Gasteiger partial charge in [-0.15, -0.1) is 0 Å². The van der Waals surface area contributed by atoms with Crippen LogP contribution in [-0.4, -0.2) is 41.5 Å². The quantitative estimate of drug-likeness (QED) is 0.611. The smallest absolute Gasteiger partial charge is 0.394 e. The molecule has 0 aliphatic rings. The van der Waals surface area contributed by atoms with Gasteiger partial charge in [0.15, 0.2) is 0 Å². The van der Waals surface area contributed by atoms with E-state index in [0.29, 0.717) is 6.54 Å². The molecular weight excluding hydrogens is 239 g/mol. The Balaban J connectivity index is 2.51. The number of aliphatic hydroxyl groups is 1.